The van der Waals surface area contributed by atoms with Gasteiger partial charge in [0.25, 0.3) is 0 Å². The van der Waals surface area contributed by atoms with Crippen molar-refractivity contribution in [1.82, 2.24) is 19.9 Å². The van der Waals surface area contributed by atoms with Crippen molar-refractivity contribution < 1.29 is 16.8 Å². The molecule has 8 bridgehead atoms. The summed E-state index contributed by atoms with van der Waals surface area (Å²) in [5.41, 5.74) is 13.6. The summed E-state index contributed by atoms with van der Waals surface area (Å²) in [5, 5.41) is 0. The van der Waals surface area contributed by atoms with E-state index >= 15 is 0 Å². The topological polar surface area (TPSA) is 57.4 Å². The van der Waals surface area contributed by atoms with Gasteiger partial charge in [-0.05, 0) is 112 Å². The number of nitrogens with one attached hydrogen (secondary N) is 2. The van der Waals surface area contributed by atoms with Gasteiger partial charge in [-0.15, -0.1) is 0 Å². The Balaban J connectivity index is 0.000000160. The molecule has 45 heavy (non-hydrogen) atoms. The van der Waals surface area contributed by atoms with Crippen LogP contribution in [0, 0.1) is 0 Å². The van der Waals surface area contributed by atoms with Gasteiger partial charge in [0.1, 0.15) is 0 Å². The first-order valence-electron chi connectivity index (χ1n) is 14.5. The van der Waals surface area contributed by atoms with Crippen molar-refractivity contribution in [2.45, 2.75) is 6.42 Å². The summed E-state index contributed by atoms with van der Waals surface area (Å²) in [6.07, 6.45) is 9.19. The maximum atomic E-state index is 4.63. The molecule has 3 aromatic heterocycles. The fraction of sp³-hybridized carbons (Fsp3) is 0.0256. The normalized spacial score (nSPS) is 11.4. The first-order valence-corrected chi connectivity index (χ1v) is 14.5. The fourth-order valence-corrected chi connectivity index (χ4v) is 5.41. The summed E-state index contributed by atoms with van der Waals surface area (Å²) in [5.74, 6) is 0. The number of aromatic amines is 2. The molecule has 9 rings (SSSR count). The van der Waals surface area contributed by atoms with Crippen LogP contribution in [0.4, 0.5) is 0 Å². The average molecular weight is 646 g/mol. The number of nitrogens with zero attached hydrogens (tertiary/aromatic N) is 2. The van der Waals surface area contributed by atoms with Gasteiger partial charge >= 0.3 is 0 Å². The van der Waals surface area contributed by atoms with Gasteiger partial charge < -0.3 is 9.97 Å². The van der Waals surface area contributed by atoms with Crippen molar-refractivity contribution >= 4 is 57.3 Å². The van der Waals surface area contributed by atoms with E-state index in [2.05, 4.69) is 92.7 Å². The second-order valence-electron chi connectivity index (χ2n) is 10.6. The molecule has 2 N–H and O–H groups in total. The van der Waals surface area contributed by atoms with Gasteiger partial charge in [-0.3, -0.25) is 0 Å². The van der Waals surface area contributed by atoms with E-state index in [4.69, 9.17) is 0 Å². The van der Waals surface area contributed by atoms with Crippen molar-refractivity contribution in [2.24, 2.45) is 0 Å². The van der Waals surface area contributed by atoms with Gasteiger partial charge in [-0.25, -0.2) is 9.97 Å². The van der Waals surface area contributed by atoms with Gasteiger partial charge in [-0.2, -0.15) is 0 Å². The standard InChI is InChI=1S/C20H14N4.C13H10.C6H6.Co.H4Si/c1-2-14-10-16-5-6-18(23-16)12-20-8-7-19(24-20)11-17-4-3-15(22-17)9-13(1)21-14;1-3-7-12-10(5-1)9-11-6-2-4-8-13(11)12;1-2-4-6-5-3-1;;/h1-12,21,24H;1-8H,9H2;1-6H;;1H4. The van der Waals surface area contributed by atoms with Crippen molar-refractivity contribution in [3.8, 4) is 11.1 Å². The SMILES string of the molecule is C1=Cc2cc3ccc(cc4nc(cc5ccc(cc1n2)[nH]5)C=C4)[nH]3.[Co].[SiH4].c1ccc2c(c1)Cc1ccccc1-2.c1ccccc1. The van der Waals surface area contributed by atoms with Crippen LogP contribution >= 0.6 is 0 Å². The van der Waals surface area contributed by atoms with E-state index in [0.717, 1.165) is 51.3 Å². The molecular weight excluding hydrogens is 611 g/mol. The molecule has 4 nitrogen and oxygen atoms in total. The van der Waals surface area contributed by atoms with Crippen LogP contribution in [-0.2, 0) is 23.2 Å². The monoisotopic (exact) mass is 645 g/mol. The molecule has 2 aliphatic heterocycles. The second-order valence-corrected chi connectivity index (χ2v) is 10.6. The molecule has 0 spiro atoms. The van der Waals surface area contributed by atoms with Gasteiger partial charge in [-0.1, -0.05) is 84.9 Å². The molecule has 223 valence electrons. The van der Waals surface area contributed by atoms with Crippen LogP contribution in [0.3, 0.4) is 0 Å². The van der Waals surface area contributed by atoms with Crippen LogP contribution in [0.25, 0.3) is 57.5 Å². The van der Waals surface area contributed by atoms with Gasteiger partial charge in [0.2, 0.25) is 0 Å². The summed E-state index contributed by atoms with van der Waals surface area (Å²) in [6, 6.07) is 45.7. The molecule has 3 aromatic carbocycles. The Bertz CT molecular complexity index is 1880. The summed E-state index contributed by atoms with van der Waals surface area (Å²) in [7, 11) is 0. The number of fused-ring (bicyclic) bond motifs is 11. The Kier molecular flexibility index (Phi) is 10.2. The molecule has 0 amide bonds. The van der Waals surface area contributed by atoms with E-state index in [9.17, 15) is 0 Å². The predicted molar refractivity (Wildman–Crippen MR) is 191 cm³/mol. The van der Waals surface area contributed by atoms with Crippen LogP contribution in [-0.4, -0.2) is 30.9 Å². The Morgan fingerprint density at radius 2 is 0.711 bits per heavy atom. The molecule has 3 aliphatic rings. The third kappa shape index (κ3) is 7.74. The quantitative estimate of drug-likeness (QED) is 0.164. The minimum Gasteiger partial charge on any atom is -0.355 e. The Hall–Kier alpha value is -5.02. The van der Waals surface area contributed by atoms with Crippen LogP contribution in [0.15, 0.2) is 133 Å². The third-order valence-electron chi connectivity index (χ3n) is 7.41. The van der Waals surface area contributed by atoms with Crippen molar-refractivity contribution in [3.63, 3.8) is 0 Å². The molecular formula is C39H34CoN4Si. The molecule has 6 heteroatoms. The second kappa shape index (κ2) is 14.6. The summed E-state index contributed by atoms with van der Waals surface area (Å²) in [4.78, 5) is 16.0. The number of rotatable bonds is 0. The van der Waals surface area contributed by atoms with Gasteiger partial charge in [0.15, 0.2) is 0 Å². The molecule has 0 fully saturated rings. The van der Waals surface area contributed by atoms with E-state index < -0.39 is 0 Å². The maximum absolute atomic E-state index is 4.63. The molecule has 6 aromatic rings. The number of aromatic nitrogens is 4. The van der Waals surface area contributed by atoms with Crippen molar-refractivity contribution in [2.75, 3.05) is 0 Å². The van der Waals surface area contributed by atoms with Gasteiger partial charge in [0.05, 0.1) is 22.8 Å². The summed E-state index contributed by atoms with van der Waals surface area (Å²) >= 11 is 0. The van der Waals surface area contributed by atoms with Crippen LogP contribution < -0.4 is 0 Å². The zero-order chi connectivity index (χ0) is 28.8. The zero-order valence-electron chi connectivity index (χ0n) is 23.9. The minimum atomic E-state index is 0. The Morgan fingerprint density at radius 3 is 1.04 bits per heavy atom. The molecule has 0 saturated carbocycles. The van der Waals surface area contributed by atoms with Crippen LogP contribution in [0.5, 0.6) is 0 Å². The van der Waals surface area contributed by atoms with Crippen LogP contribution in [0.1, 0.15) is 33.9 Å². The van der Waals surface area contributed by atoms with E-state index in [-0.39, 0.29) is 27.7 Å². The summed E-state index contributed by atoms with van der Waals surface area (Å²) in [6.45, 7) is 0. The van der Waals surface area contributed by atoms with Crippen LogP contribution in [0.2, 0.25) is 0 Å². The third-order valence-corrected chi connectivity index (χ3v) is 7.41. The number of benzene rings is 3. The van der Waals surface area contributed by atoms with Crippen molar-refractivity contribution in [1.29, 1.82) is 0 Å². The largest absolute Gasteiger partial charge is 0.355 e. The first-order chi connectivity index (χ1) is 21.2. The number of H-pyrrole nitrogens is 2. The average Bonchev–Trinajstić information content (AvgIpc) is 3.88. The molecule has 0 atom stereocenters. The van der Waals surface area contributed by atoms with E-state index in [0.29, 0.717) is 0 Å². The Labute approximate surface area is 277 Å². The summed E-state index contributed by atoms with van der Waals surface area (Å²) < 4.78 is 0. The van der Waals surface area contributed by atoms with E-state index in [1.807, 2.05) is 85.0 Å². The molecule has 0 saturated heterocycles. The number of hydrogen-bond donors (Lipinski definition) is 2. The van der Waals surface area contributed by atoms with Gasteiger partial charge in [0, 0.05) is 38.8 Å². The molecule has 5 heterocycles. The fourth-order valence-electron chi connectivity index (χ4n) is 5.41. The minimum absolute atomic E-state index is 0. The van der Waals surface area contributed by atoms with E-state index in [1.165, 1.54) is 22.3 Å². The number of hydrogen-bond acceptors (Lipinski definition) is 2. The zero-order valence-corrected chi connectivity index (χ0v) is 25.0. The molecule has 1 aliphatic carbocycles. The van der Waals surface area contributed by atoms with Crippen molar-refractivity contribution in [3.05, 3.63) is 167 Å². The molecule has 0 unspecified atom stereocenters. The first kappa shape index (κ1) is 31.4. The van der Waals surface area contributed by atoms with E-state index in [1.54, 1.807) is 0 Å². The smallest absolute Gasteiger partial charge is 0.0658 e. The Morgan fingerprint density at radius 1 is 0.400 bits per heavy atom. The predicted octanol–water partition coefficient (Wildman–Crippen LogP) is 8.15. The maximum Gasteiger partial charge on any atom is 0.0658 e. The molecule has 1 radical (unpaired) electrons.